The van der Waals surface area contributed by atoms with Gasteiger partial charge in [-0.25, -0.2) is 0 Å². The number of aryl methyl sites for hydroxylation is 1. The van der Waals surface area contributed by atoms with Crippen molar-refractivity contribution in [1.29, 1.82) is 0 Å². The van der Waals surface area contributed by atoms with Gasteiger partial charge >= 0.3 is 0 Å². The van der Waals surface area contributed by atoms with Crippen LogP contribution in [-0.4, -0.2) is 25.9 Å². The molecule has 2 rings (SSSR count). The molecular weight excluding hydrogens is 228 g/mol. The Morgan fingerprint density at radius 2 is 2.06 bits per heavy atom. The third kappa shape index (κ3) is 3.30. The molecular formula is C13H18N4O. The summed E-state index contributed by atoms with van der Waals surface area (Å²) < 4.78 is 1.90. The summed E-state index contributed by atoms with van der Waals surface area (Å²) in [5.74, 6) is 1.23. The standard InChI is InChI=1S/C13H18N4O/c1-10(7-11-3-5-12(18)6-4-11)14-8-13-16-15-9-17(13)2/h3-6,9-10,14,18H,7-8H2,1-2H3. The monoisotopic (exact) mass is 246 g/mol. The molecule has 2 aromatic rings. The largest absolute Gasteiger partial charge is 0.508 e. The van der Waals surface area contributed by atoms with E-state index in [0.29, 0.717) is 18.3 Å². The van der Waals surface area contributed by atoms with Gasteiger partial charge in [0.25, 0.3) is 0 Å². The summed E-state index contributed by atoms with van der Waals surface area (Å²) >= 11 is 0. The number of rotatable bonds is 5. The van der Waals surface area contributed by atoms with Gasteiger partial charge < -0.3 is 15.0 Å². The van der Waals surface area contributed by atoms with E-state index in [0.717, 1.165) is 12.2 Å². The third-order valence-electron chi connectivity index (χ3n) is 2.89. The van der Waals surface area contributed by atoms with Crippen molar-refractivity contribution in [1.82, 2.24) is 20.1 Å². The van der Waals surface area contributed by atoms with E-state index in [1.54, 1.807) is 18.5 Å². The number of nitrogens with zero attached hydrogens (tertiary/aromatic N) is 3. The van der Waals surface area contributed by atoms with E-state index in [-0.39, 0.29) is 0 Å². The molecule has 1 unspecified atom stereocenters. The van der Waals surface area contributed by atoms with Gasteiger partial charge in [-0.05, 0) is 31.0 Å². The lowest BCUT2D eigenvalue weighted by Gasteiger charge is -2.13. The van der Waals surface area contributed by atoms with Crippen LogP contribution in [0.2, 0.25) is 0 Å². The fourth-order valence-electron chi connectivity index (χ4n) is 1.79. The first-order valence-electron chi connectivity index (χ1n) is 5.99. The van der Waals surface area contributed by atoms with Crippen LogP contribution < -0.4 is 5.32 Å². The number of hydrogen-bond donors (Lipinski definition) is 2. The zero-order chi connectivity index (χ0) is 13.0. The molecule has 1 atom stereocenters. The SMILES string of the molecule is CC(Cc1ccc(O)cc1)NCc1nncn1C. The predicted molar refractivity (Wildman–Crippen MR) is 69.1 cm³/mol. The molecule has 0 amide bonds. The Bertz CT molecular complexity index is 492. The highest BCUT2D eigenvalue weighted by molar-refractivity contribution is 5.26. The number of phenolic OH excluding ortho intramolecular Hbond substituents is 1. The molecule has 0 aliphatic heterocycles. The Balaban J connectivity index is 1.83. The van der Waals surface area contributed by atoms with Crippen LogP contribution in [0.4, 0.5) is 0 Å². The molecule has 5 nitrogen and oxygen atoms in total. The molecule has 1 heterocycles. The van der Waals surface area contributed by atoms with E-state index in [4.69, 9.17) is 0 Å². The van der Waals surface area contributed by atoms with E-state index in [2.05, 4.69) is 22.4 Å². The van der Waals surface area contributed by atoms with Crippen LogP contribution in [0.5, 0.6) is 5.75 Å². The Hall–Kier alpha value is -1.88. The van der Waals surface area contributed by atoms with Crippen LogP contribution in [-0.2, 0) is 20.0 Å². The van der Waals surface area contributed by atoms with Gasteiger partial charge in [0.1, 0.15) is 17.9 Å². The van der Waals surface area contributed by atoms with Crippen molar-refractivity contribution in [3.63, 3.8) is 0 Å². The Morgan fingerprint density at radius 3 is 2.67 bits per heavy atom. The minimum Gasteiger partial charge on any atom is -0.508 e. The maximum atomic E-state index is 9.22. The number of phenols is 1. The third-order valence-corrected chi connectivity index (χ3v) is 2.89. The highest BCUT2D eigenvalue weighted by Crippen LogP contribution is 2.11. The van der Waals surface area contributed by atoms with Crippen LogP contribution in [0.3, 0.4) is 0 Å². The lowest BCUT2D eigenvalue weighted by Crippen LogP contribution is -2.28. The lowest BCUT2D eigenvalue weighted by molar-refractivity contribution is 0.474. The first kappa shape index (κ1) is 12.6. The topological polar surface area (TPSA) is 63.0 Å². The zero-order valence-electron chi connectivity index (χ0n) is 10.7. The molecule has 0 bridgehead atoms. The normalized spacial score (nSPS) is 12.6. The van der Waals surface area contributed by atoms with Gasteiger partial charge in [0.15, 0.2) is 0 Å². The Kier molecular flexibility index (Phi) is 3.94. The Labute approximate surface area is 106 Å². The fraction of sp³-hybridized carbons (Fsp3) is 0.385. The second kappa shape index (κ2) is 5.64. The average molecular weight is 246 g/mol. The van der Waals surface area contributed by atoms with E-state index >= 15 is 0 Å². The van der Waals surface area contributed by atoms with Gasteiger partial charge in [-0.2, -0.15) is 0 Å². The van der Waals surface area contributed by atoms with Gasteiger partial charge in [-0.1, -0.05) is 12.1 Å². The van der Waals surface area contributed by atoms with Crippen molar-refractivity contribution in [2.75, 3.05) is 0 Å². The average Bonchev–Trinajstić information content (AvgIpc) is 2.75. The van der Waals surface area contributed by atoms with E-state index in [9.17, 15) is 5.11 Å². The maximum absolute atomic E-state index is 9.22. The van der Waals surface area contributed by atoms with Crippen molar-refractivity contribution >= 4 is 0 Å². The second-order valence-electron chi connectivity index (χ2n) is 4.51. The van der Waals surface area contributed by atoms with Crippen LogP contribution >= 0.6 is 0 Å². The summed E-state index contributed by atoms with van der Waals surface area (Å²) in [4.78, 5) is 0. The summed E-state index contributed by atoms with van der Waals surface area (Å²) in [7, 11) is 1.93. The van der Waals surface area contributed by atoms with E-state index in [1.165, 1.54) is 5.56 Å². The first-order valence-corrected chi connectivity index (χ1v) is 5.99. The molecule has 1 aromatic heterocycles. The fourth-order valence-corrected chi connectivity index (χ4v) is 1.79. The molecule has 0 saturated carbocycles. The molecule has 0 fully saturated rings. The van der Waals surface area contributed by atoms with Crippen molar-refractivity contribution in [2.24, 2.45) is 7.05 Å². The van der Waals surface area contributed by atoms with Gasteiger partial charge in [-0.3, -0.25) is 0 Å². The minimum absolute atomic E-state index is 0.304. The summed E-state index contributed by atoms with van der Waals surface area (Å²) in [6.07, 6.45) is 2.61. The molecule has 0 radical (unpaired) electrons. The molecule has 0 aliphatic rings. The van der Waals surface area contributed by atoms with E-state index < -0.39 is 0 Å². The molecule has 5 heteroatoms. The highest BCUT2D eigenvalue weighted by Gasteiger charge is 2.06. The zero-order valence-corrected chi connectivity index (χ0v) is 10.7. The summed E-state index contributed by atoms with van der Waals surface area (Å²) in [5, 5.41) is 20.5. The Morgan fingerprint density at radius 1 is 1.33 bits per heavy atom. The van der Waals surface area contributed by atoms with Crippen LogP contribution in [0.15, 0.2) is 30.6 Å². The molecule has 96 valence electrons. The minimum atomic E-state index is 0.304. The van der Waals surface area contributed by atoms with Crippen molar-refractivity contribution in [3.05, 3.63) is 42.0 Å². The number of hydrogen-bond acceptors (Lipinski definition) is 4. The smallest absolute Gasteiger partial charge is 0.146 e. The van der Waals surface area contributed by atoms with Crippen molar-refractivity contribution in [2.45, 2.75) is 25.9 Å². The highest BCUT2D eigenvalue weighted by atomic mass is 16.3. The van der Waals surface area contributed by atoms with Gasteiger partial charge in [-0.15, -0.1) is 10.2 Å². The molecule has 18 heavy (non-hydrogen) atoms. The quantitative estimate of drug-likeness (QED) is 0.833. The number of nitrogens with one attached hydrogen (secondary N) is 1. The van der Waals surface area contributed by atoms with Gasteiger partial charge in [0, 0.05) is 13.1 Å². The number of benzene rings is 1. The van der Waals surface area contributed by atoms with Crippen LogP contribution in [0, 0.1) is 0 Å². The summed E-state index contributed by atoms with van der Waals surface area (Å²) in [6.45, 7) is 2.83. The second-order valence-corrected chi connectivity index (χ2v) is 4.51. The van der Waals surface area contributed by atoms with E-state index in [1.807, 2.05) is 23.7 Å². The van der Waals surface area contributed by atoms with Crippen LogP contribution in [0.1, 0.15) is 18.3 Å². The van der Waals surface area contributed by atoms with Gasteiger partial charge in [0.2, 0.25) is 0 Å². The van der Waals surface area contributed by atoms with Crippen LogP contribution in [0.25, 0.3) is 0 Å². The molecule has 0 spiro atoms. The first-order chi connectivity index (χ1) is 8.65. The summed E-state index contributed by atoms with van der Waals surface area (Å²) in [6, 6.07) is 7.65. The number of aromatic hydroxyl groups is 1. The molecule has 1 aromatic carbocycles. The molecule has 2 N–H and O–H groups in total. The molecule has 0 saturated heterocycles. The van der Waals surface area contributed by atoms with Crippen molar-refractivity contribution < 1.29 is 5.11 Å². The lowest BCUT2D eigenvalue weighted by atomic mass is 10.1. The molecule has 0 aliphatic carbocycles. The predicted octanol–water partition coefficient (Wildman–Crippen LogP) is 1.24. The number of aromatic nitrogens is 3. The van der Waals surface area contributed by atoms with Crippen molar-refractivity contribution in [3.8, 4) is 5.75 Å². The maximum Gasteiger partial charge on any atom is 0.146 e. The van der Waals surface area contributed by atoms with Gasteiger partial charge in [0.05, 0.1) is 6.54 Å². The summed E-state index contributed by atoms with van der Waals surface area (Å²) in [5.41, 5.74) is 1.20.